The second-order valence-corrected chi connectivity index (χ2v) is 5.31. The molecule has 19 heavy (non-hydrogen) atoms. The lowest BCUT2D eigenvalue weighted by Gasteiger charge is -2.41. The van der Waals surface area contributed by atoms with Crippen LogP contribution < -0.4 is 15.4 Å². The molecule has 0 bridgehead atoms. The van der Waals surface area contributed by atoms with Gasteiger partial charge in [0, 0.05) is 18.7 Å². The average Bonchev–Trinajstić information content (AvgIpc) is 2.37. The Balaban J connectivity index is 2.47. The number of anilines is 1. The van der Waals surface area contributed by atoms with Crippen LogP contribution >= 0.6 is 0 Å². The molecule has 0 saturated carbocycles. The van der Waals surface area contributed by atoms with Gasteiger partial charge >= 0.3 is 0 Å². The number of fused-ring (bicyclic) bond motifs is 1. The summed E-state index contributed by atoms with van der Waals surface area (Å²) in [5, 5.41) is 9.18. The molecule has 5 nitrogen and oxygen atoms in total. The standard InChI is InChI=1S/C14H20N2O3/c1-14(2,5-6-17)16-11-7-10(8-15)3-4-12(11)19-9-13(16)18/h3-4,7,17H,5-6,8-9,15H2,1-2H3. The molecule has 0 atom stereocenters. The van der Waals surface area contributed by atoms with Crippen molar-refractivity contribution in [2.75, 3.05) is 18.1 Å². The number of benzene rings is 1. The van der Waals surface area contributed by atoms with E-state index in [1.807, 2.05) is 32.0 Å². The van der Waals surface area contributed by atoms with Gasteiger partial charge in [0.05, 0.1) is 5.69 Å². The number of aliphatic hydroxyl groups excluding tert-OH is 1. The number of nitrogens with zero attached hydrogens (tertiary/aromatic N) is 1. The summed E-state index contributed by atoms with van der Waals surface area (Å²) < 4.78 is 5.44. The van der Waals surface area contributed by atoms with Crippen molar-refractivity contribution in [1.82, 2.24) is 0 Å². The van der Waals surface area contributed by atoms with Gasteiger partial charge in [-0.25, -0.2) is 0 Å². The van der Waals surface area contributed by atoms with Crippen LogP contribution in [0.2, 0.25) is 0 Å². The monoisotopic (exact) mass is 264 g/mol. The van der Waals surface area contributed by atoms with Crippen molar-refractivity contribution in [3.63, 3.8) is 0 Å². The lowest BCUT2D eigenvalue weighted by molar-refractivity contribution is -0.122. The Morgan fingerprint density at radius 3 is 2.84 bits per heavy atom. The van der Waals surface area contributed by atoms with Crippen molar-refractivity contribution in [2.45, 2.75) is 32.4 Å². The summed E-state index contributed by atoms with van der Waals surface area (Å²) in [4.78, 5) is 13.9. The van der Waals surface area contributed by atoms with Crippen molar-refractivity contribution in [3.05, 3.63) is 23.8 Å². The van der Waals surface area contributed by atoms with Gasteiger partial charge in [-0.3, -0.25) is 4.79 Å². The van der Waals surface area contributed by atoms with Crippen LogP contribution in [0.1, 0.15) is 25.8 Å². The number of rotatable bonds is 4. The molecule has 104 valence electrons. The number of carbonyl (C=O) groups is 1. The molecule has 1 aliphatic heterocycles. The highest BCUT2D eigenvalue weighted by Gasteiger charge is 2.36. The molecule has 1 heterocycles. The summed E-state index contributed by atoms with van der Waals surface area (Å²) in [7, 11) is 0. The molecule has 1 amide bonds. The number of ether oxygens (including phenoxy) is 1. The number of hydrogen-bond acceptors (Lipinski definition) is 4. The lowest BCUT2D eigenvalue weighted by Crippen LogP contribution is -2.52. The highest BCUT2D eigenvalue weighted by Crippen LogP contribution is 2.38. The fourth-order valence-electron chi connectivity index (χ4n) is 2.37. The Morgan fingerprint density at radius 2 is 2.21 bits per heavy atom. The fraction of sp³-hybridized carbons (Fsp3) is 0.500. The molecule has 2 rings (SSSR count). The van der Waals surface area contributed by atoms with Crippen LogP contribution in [0.3, 0.4) is 0 Å². The van der Waals surface area contributed by atoms with Gasteiger partial charge in [-0.2, -0.15) is 0 Å². The van der Waals surface area contributed by atoms with E-state index in [9.17, 15) is 9.90 Å². The quantitative estimate of drug-likeness (QED) is 0.851. The van der Waals surface area contributed by atoms with Crippen LogP contribution in [-0.4, -0.2) is 29.8 Å². The first kappa shape index (κ1) is 13.8. The number of hydrogen-bond donors (Lipinski definition) is 2. The largest absolute Gasteiger partial charge is 0.482 e. The van der Waals surface area contributed by atoms with E-state index in [0.29, 0.717) is 18.7 Å². The van der Waals surface area contributed by atoms with Crippen molar-refractivity contribution in [1.29, 1.82) is 0 Å². The molecule has 0 fully saturated rings. The Bertz CT molecular complexity index is 486. The zero-order valence-electron chi connectivity index (χ0n) is 11.3. The molecule has 0 aliphatic carbocycles. The second kappa shape index (κ2) is 5.19. The minimum Gasteiger partial charge on any atom is -0.482 e. The van der Waals surface area contributed by atoms with Gasteiger partial charge in [0.15, 0.2) is 6.61 Å². The van der Waals surface area contributed by atoms with Crippen molar-refractivity contribution >= 4 is 11.6 Å². The molecule has 0 aromatic heterocycles. The molecule has 0 unspecified atom stereocenters. The Kier molecular flexibility index (Phi) is 3.78. The average molecular weight is 264 g/mol. The Hall–Kier alpha value is -1.59. The van der Waals surface area contributed by atoms with Crippen molar-refractivity contribution in [3.8, 4) is 5.75 Å². The maximum atomic E-state index is 12.2. The van der Waals surface area contributed by atoms with Crippen molar-refractivity contribution < 1.29 is 14.6 Å². The summed E-state index contributed by atoms with van der Waals surface area (Å²) in [6, 6.07) is 5.61. The fourth-order valence-corrected chi connectivity index (χ4v) is 2.37. The summed E-state index contributed by atoms with van der Waals surface area (Å²) >= 11 is 0. The summed E-state index contributed by atoms with van der Waals surface area (Å²) in [5.41, 5.74) is 6.87. The van der Waals surface area contributed by atoms with E-state index in [1.165, 1.54) is 0 Å². The van der Waals surface area contributed by atoms with Crippen LogP contribution in [0.4, 0.5) is 5.69 Å². The van der Waals surface area contributed by atoms with Gasteiger partial charge in [-0.05, 0) is 38.0 Å². The third kappa shape index (κ3) is 2.57. The molecule has 1 aromatic rings. The molecule has 5 heteroatoms. The van der Waals surface area contributed by atoms with E-state index in [1.54, 1.807) is 4.90 Å². The first-order valence-corrected chi connectivity index (χ1v) is 6.39. The molecule has 0 spiro atoms. The second-order valence-electron chi connectivity index (χ2n) is 5.31. The predicted octanol–water partition coefficient (Wildman–Crippen LogP) is 1.03. The van der Waals surface area contributed by atoms with Gasteiger partial charge in [-0.1, -0.05) is 6.07 Å². The van der Waals surface area contributed by atoms with E-state index in [-0.39, 0.29) is 19.1 Å². The normalized spacial score (nSPS) is 15.2. The lowest BCUT2D eigenvalue weighted by atomic mass is 9.96. The van der Waals surface area contributed by atoms with Gasteiger partial charge in [0.25, 0.3) is 5.91 Å². The molecule has 3 N–H and O–H groups in total. The van der Waals surface area contributed by atoms with Gasteiger partial charge < -0.3 is 20.5 Å². The maximum absolute atomic E-state index is 12.2. The third-order valence-electron chi connectivity index (χ3n) is 3.43. The SMILES string of the molecule is CC(C)(CCO)N1C(=O)COc2ccc(CN)cc21. The summed E-state index contributed by atoms with van der Waals surface area (Å²) in [6.07, 6.45) is 0.505. The van der Waals surface area contributed by atoms with Crippen LogP contribution in [0.15, 0.2) is 18.2 Å². The highest BCUT2D eigenvalue weighted by atomic mass is 16.5. The number of aliphatic hydroxyl groups is 1. The van der Waals surface area contributed by atoms with E-state index < -0.39 is 5.54 Å². The van der Waals surface area contributed by atoms with Crippen LogP contribution in [0.5, 0.6) is 5.75 Å². The molecule has 1 aromatic carbocycles. The smallest absolute Gasteiger partial charge is 0.265 e. The van der Waals surface area contributed by atoms with E-state index in [4.69, 9.17) is 10.5 Å². The predicted molar refractivity (Wildman–Crippen MR) is 73.1 cm³/mol. The van der Waals surface area contributed by atoms with Crippen LogP contribution in [-0.2, 0) is 11.3 Å². The third-order valence-corrected chi connectivity index (χ3v) is 3.43. The van der Waals surface area contributed by atoms with Crippen LogP contribution in [0, 0.1) is 0 Å². The number of amides is 1. The number of nitrogens with two attached hydrogens (primary N) is 1. The van der Waals surface area contributed by atoms with Gasteiger partial charge in [0.2, 0.25) is 0 Å². The minimum atomic E-state index is -0.461. The topological polar surface area (TPSA) is 75.8 Å². The minimum absolute atomic E-state index is 0.0313. The molecular formula is C14H20N2O3. The summed E-state index contributed by atoms with van der Waals surface area (Å²) in [6.45, 7) is 4.35. The first-order chi connectivity index (χ1) is 8.99. The van der Waals surface area contributed by atoms with E-state index in [2.05, 4.69) is 0 Å². The molecular weight excluding hydrogens is 244 g/mol. The summed E-state index contributed by atoms with van der Waals surface area (Å²) in [5.74, 6) is 0.586. The van der Waals surface area contributed by atoms with Crippen LogP contribution in [0.25, 0.3) is 0 Å². The molecule has 0 radical (unpaired) electrons. The highest BCUT2D eigenvalue weighted by molar-refractivity contribution is 5.99. The Morgan fingerprint density at radius 1 is 1.47 bits per heavy atom. The number of carbonyl (C=O) groups excluding carboxylic acids is 1. The van der Waals surface area contributed by atoms with Gasteiger partial charge in [0.1, 0.15) is 5.75 Å². The van der Waals surface area contributed by atoms with Crippen molar-refractivity contribution in [2.24, 2.45) is 5.73 Å². The molecule has 0 saturated heterocycles. The maximum Gasteiger partial charge on any atom is 0.265 e. The molecule has 1 aliphatic rings. The van der Waals surface area contributed by atoms with E-state index >= 15 is 0 Å². The van der Waals surface area contributed by atoms with Gasteiger partial charge in [-0.15, -0.1) is 0 Å². The van der Waals surface area contributed by atoms with E-state index in [0.717, 1.165) is 11.3 Å². The first-order valence-electron chi connectivity index (χ1n) is 6.39. The zero-order valence-corrected chi connectivity index (χ0v) is 11.3. The Labute approximate surface area is 113 Å². The zero-order chi connectivity index (χ0) is 14.0.